The van der Waals surface area contributed by atoms with Gasteiger partial charge < -0.3 is 14.0 Å². The van der Waals surface area contributed by atoms with Crippen LogP contribution in [0.2, 0.25) is 0 Å². The van der Waals surface area contributed by atoms with Crippen LogP contribution in [0.25, 0.3) is 17.7 Å². The second kappa shape index (κ2) is 11.7. The van der Waals surface area contributed by atoms with E-state index in [1.807, 2.05) is 6.92 Å². The molecule has 1 aliphatic carbocycles. The molecule has 4 rings (SSSR count). The molecule has 1 heterocycles. The maximum Gasteiger partial charge on any atom is 0.491 e. The summed E-state index contributed by atoms with van der Waals surface area (Å²) in [5.74, 6) is 0.358. The summed E-state index contributed by atoms with van der Waals surface area (Å²) in [7, 11) is -0.422. The molecule has 0 spiro atoms. The van der Waals surface area contributed by atoms with Crippen LogP contribution in [0.3, 0.4) is 0 Å². The van der Waals surface area contributed by atoms with Crippen LogP contribution in [0.1, 0.15) is 96.4 Å². The van der Waals surface area contributed by atoms with Crippen LogP contribution in [-0.4, -0.2) is 30.9 Å². The number of allylic oxidation sites excluding steroid dienone is 3. The fourth-order valence-corrected chi connectivity index (χ4v) is 5.75. The molecule has 0 radical (unpaired) electrons. The van der Waals surface area contributed by atoms with E-state index in [0.717, 1.165) is 24.0 Å². The summed E-state index contributed by atoms with van der Waals surface area (Å²) in [4.78, 5) is 11.8. The van der Waals surface area contributed by atoms with Gasteiger partial charge in [0.25, 0.3) is 0 Å². The summed E-state index contributed by atoms with van der Waals surface area (Å²) in [5.41, 5.74) is 7.62. The average molecular weight is 527 g/mol. The topological polar surface area (TPSA) is 44.8 Å². The van der Waals surface area contributed by atoms with Crippen LogP contribution < -0.4 is 0 Å². The molecule has 0 bridgehead atoms. The first-order valence-corrected chi connectivity index (χ1v) is 14.4. The molecule has 1 fully saturated rings. The highest BCUT2D eigenvalue weighted by atomic mass is 16.7. The maximum atomic E-state index is 11.8. The monoisotopic (exact) mass is 526 g/mol. The zero-order valence-electron chi connectivity index (χ0n) is 24.8. The average Bonchev–Trinajstić information content (AvgIpc) is 3.17. The van der Waals surface area contributed by atoms with Gasteiger partial charge in [0.05, 0.1) is 17.8 Å². The molecule has 2 aromatic rings. The number of rotatable bonds is 8. The fourth-order valence-electron chi connectivity index (χ4n) is 5.75. The highest BCUT2D eigenvalue weighted by Gasteiger charge is 2.54. The van der Waals surface area contributed by atoms with Gasteiger partial charge in [0.1, 0.15) is 0 Å². The molecule has 0 saturated carbocycles. The van der Waals surface area contributed by atoms with E-state index in [1.54, 1.807) is 6.08 Å². The first kappa shape index (κ1) is 29.1. The van der Waals surface area contributed by atoms with Crippen LogP contribution in [0.4, 0.5) is 0 Å². The van der Waals surface area contributed by atoms with Crippen molar-refractivity contribution in [2.45, 2.75) is 85.4 Å². The normalized spacial score (nSPS) is 24.8. The van der Waals surface area contributed by atoms with E-state index in [9.17, 15) is 4.79 Å². The summed E-state index contributed by atoms with van der Waals surface area (Å²) in [6.45, 7) is 17.6. The predicted octanol–water partition coefficient (Wildman–Crippen LogP) is 8.28. The maximum absolute atomic E-state index is 11.8. The van der Waals surface area contributed by atoms with Crippen molar-refractivity contribution in [3.05, 3.63) is 87.9 Å². The van der Waals surface area contributed by atoms with Gasteiger partial charge in [-0.15, -0.1) is 0 Å². The summed E-state index contributed by atoms with van der Waals surface area (Å²) in [5, 5.41) is 0. The molecule has 39 heavy (non-hydrogen) atoms. The fraction of sp³-hybridized carbons (Fsp3) is 0.441. The van der Waals surface area contributed by atoms with Crippen molar-refractivity contribution in [3.8, 4) is 0 Å². The second-order valence-electron chi connectivity index (χ2n) is 11.4. The number of hydrogen-bond acceptors (Lipinski definition) is 4. The molecular formula is C34H43BO4. The third-order valence-electron chi connectivity index (χ3n) is 8.93. The standard InChI is InChI=1S/C34H43BO4/c1-9-30(35-38-33(6,7)34(8,10-2)39-35)32(26-19-16-25(17-20-26)18-21-31(36)37-11-3)29-22-27-14-12-13-15-28(27)23(4)24(29)5/h12-24H,9-11H2,1-8H3/b21-18+,32-30+/t23-,24?,34?/m0/s1. The second-order valence-corrected chi connectivity index (χ2v) is 11.4. The molecule has 206 valence electrons. The van der Waals surface area contributed by atoms with E-state index >= 15 is 0 Å². The number of ether oxygens (including phenoxy) is 1. The van der Waals surface area contributed by atoms with E-state index in [2.05, 4.69) is 103 Å². The number of carbonyl (C=O) groups excluding carboxylic acids is 1. The molecule has 0 N–H and O–H groups in total. The van der Waals surface area contributed by atoms with Gasteiger partial charge in [-0.05, 0) is 97.3 Å². The minimum atomic E-state index is -0.422. The third kappa shape index (κ3) is 5.71. The van der Waals surface area contributed by atoms with Crippen LogP contribution in [0, 0.1) is 5.92 Å². The highest BCUT2D eigenvalue weighted by Crippen LogP contribution is 2.48. The lowest BCUT2D eigenvalue weighted by Gasteiger charge is -2.35. The van der Waals surface area contributed by atoms with Gasteiger partial charge in [0, 0.05) is 6.08 Å². The zero-order valence-corrected chi connectivity index (χ0v) is 24.8. The van der Waals surface area contributed by atoms with Gasteiger partial charge in [0.15, 0.2) is 0 Å². The Balaban J connectivity index is 1.86. The smallest absolute Gasteiger partial charge is 0.463 e. The molecule has 0 amide bonds. The van der Waals surface area contributed by atoms with E-state index < -0.39 is 12.7 Å². The molecule has 5 heteroatoms. The van der Waals surface area contributed by atoms with E-state index in [4.69, 9.17) is 14.0 Å². The quantitative estimate of drug-likeness (QED) is 0.197. The molecule has 2 aliphatic rings. The Labute approximate surface area is 235 Å². The molecule has 2 aromatic carbocycles. The van der Waals surface area contributed by atoms with E-state index in [0.29, 0.717) is 18.4 Å². The SMILES string of the molecule is CCOC(=O)/C=C/c1ccc(/C(C2=Cc3ccccc3[C@@H](C)C2C)=C(/CC)B2OC(C)(C)C(C)(CC)O2)cc1. The number of hydrogen-bond donors (Lipinski definition) is 0. The first-order chi connectivity index (χ1) is 18.5. The van der Waals surface area contributed by atoms with Gasteiger partial charge in [-0.2, -0.15) is 0 Å². The minimum absolute atomic E-state index is 0.312. The molecule has 1 aliphatic heterocycles. The number of benzene rings is 2. The lowest BCUT2D eigenvalue weighted by molar-refractivity contribution is -0.137. The van der Waals surface area contributed by atoms with Gasteiger partial charge in [0.2, 0.25) is 0 Å². The van der Waals surface area contributed by atoms with Crippen molar-refractivity contribution in [1.29, 1.82) is 0 Å². The van der Waals surface area contributed by atoms with Crippen molar-refractivity contribution in [2.24, 2.45) is 5.92 Å². The first-order valence-electron chi connectivity index (χ1n) is 14.4. The molecule has 1 saturated heterocycles. The molecule has 2 unspecified atom stereocenters. The van der Waals surface area contributed by atoms with Crippen molar-refractivity contribution < 1.29 is 18.8 Å². The zero-order chi connectivity index (χ0) is 28.4. The van der Waals surface area contributed by atoms with Crippen molar-refractivity contribution in [1.82, 2.24) is 0 Å². The largest absolute Gasteiger partial charge is 0.491 e. The lowest BCUT2D eigenvalue weighted by atomic mass is 9.66. The van der Waals surface area contributed by atoms with Crippen LogP contribution in [0.15, 0.2) is 65.7 Å². The Kier molecular flexibility index (Phi) is 8.73. The van der Waals surface area contributed by atoms with Crippen LogP contribution >= 0.6 is 0 Å². The van der Waals surface area contributed by atoms with Crippen molar-refractivity contribution >= 4 is 30.8 Å². The molecular weight excluding hydrogens is 483 g/mol. The van der Waals surface area contributed by atoms with Crippen molar-refractivity contribution in [3.63, 3.8) is 0 Å². The van der Waals surface area contributed by atoms with Crippen LogP contribution in [0.5, 0.6) is 0 Å². The van der Waals surface area contributed by atoms with E-state index in [1.165, 1.54) is 33.8 Å². The Morgan fingerprint density at radius 3 is 2.28 bits per heavy atom. The van der Waals surface area contributed by atoms with E-state index in [-0.39, 0.29) is 11.6 Å². The molecule has 4 nitrogen and oxygen atoms in total. The van der Waals surface area contributed by atoms with Gasteiger partial charge in [-0.25, -0.2) is 4.79 Å². The summed E-state index contributed by atoms with van der Waals surface area (Å²) in [6.07, 6.45) is 7.31. The summed E-state index contributed by atoms with van der Waals surface area (Å²) < 4.78 is 18.4. The predicted molar refractivity (Wildman–Crippen MR) is 162 cm³/mol. The number of esters is 1. The third-order valence-corrected chi connectivity index (χ3v) is 8.93. The van der Waals surface area contributed by atoms with Crippen molar-refractivity contribution in [2.75, 3.05) is 6.61 Å². The summed E-state index contributed by atoms with van der Waals surface area (Å²) in [6, 6.07) is 17.1. The number of carbonyl (C=O) groups is 1. The molecule has 0 aromatic heterocycles. The highest BCUT2D eigenvalue weighted by molar-refractivity contribution is 6.56. The number of fused-ring (bicyclic) bond motifs is 1. The molecule has 3 atom stereocenters. The van der Waals surface area contributed by atoms with Gasteiger partial charge >= 0.3 is 13.1 Å². The Bertz CT molecular complexity index is 1290. The van der Waals surface area contributed by atoms with Gasteiger partial charge in [-0.3, -0.25) is 0 Å². The van der Waals surface area contributed by atoms with Gasteiger partial charge in [-0.1, -0.05) is 82.3 Å². The summed E-state index contributed by atoms with van der Waals surface area (Å²) >= 11 is 0. The Morgan fingerprint density at radius 1 is 0.974 bits per heavy atom. The minimum Gasteiger partial charge on any atom is -0.463 e. The lowest BCUT2D eigenvalue weighted by Crippen LogP contribution is -2.44. The Morgan fingerprint density at radius 2 is 1.67 bits per heavy atom. The Hall–Kier alpha value is -2.89. The van der Waals surface area contributed by atoms with Crippen LogP contribution in [-0.2, 0) is 18.8 Å².